The number of nitrogens with one attached hydrogen (secondary N) is 1. The quantitative estimate of drug-likeness (QED) is 0.803. The maximum Gasteiger partial charge on any atom is 0.243 e. The zero-order chi connectivity index (χ0) is 15.2. The van der Waals surface area contributed by atoms with Gasteiger partial charge in [0, 0.05) is 19.1 Å². The van der Waals surface area contributed by atoms with Crippen molar-refractivity contribution >= 4 is 10.0 Å². The second-order valence-corrected chi connectivity index (χ2v) is 6.76. The highest BCUT2D eigenvalue weighted by Gasteiger charge is 2.23. The van der Waals surface area contributed by atoms with Crippen LogP contribution in [0.1, 0.15) is 45.2 Å². The van der Waals surface area contributed by atoms with Gasteiger partial charge in [-0.15, -0.1) is 0 Å². The van der Waals surface area contributed by atoms with Gasteiger partial charge in [-0.05, 0) is 37.6 Å². The van der Waals surface area contributed by atoms with Crippen LogP contribution in [0.25, 0.3) is 0 Å². The van der Waals surface area contributed by atoms with Crippen molar-refractivity contribution < 1.29 is 8.42 Å². The predicted octanol–water partition coefficient (Wildman–Crippen LogP) is 2.78. The summed E-state index contributed by atoms with van der Waals surface area (Å²) in [7, 11) is -1.49. The van der Waals surface area contributed by atoms with E-state index in [2.05, 4.69) is 12.2 Å². The van der Waals surface area contributed by atoms with Crippen molar-refractivity contribution in [1.29, 1.82) is 0 Å². The van der Waals surface area contributed by atoms with Crippen LogP contribution in [0.5, 0.6) is 0 Å². The lowest BCUT2D eigenvalue weighted by Gasteiger charge is -2.21. The summed E-state index contributed by atoms with van der Waals surface area (Å²) in [6.45, 7) is 7.01. The summed E-state index contributed by atoms with van der Waals surface area (Å²) in [5.41, 5.74) is 1.02. The van der Waals surface area contributed by atoms with Gasteiger partial charge in [-0.1, -0.05) is 32.9 Å². The molecule has 0 spiro atoms. The van der Waals surface area contributed by atoms with Crippen molar-refractivity contribution in [3.8, 4) is 0 Å². The SMILES string of the molecule is CCCN(CC)S(=O)(=O)c1cccc(C(CC)NC)c1. The van der Waals surface area contributed by atoms with E-state index in [9.17, 15) is 8.42 Å². The fourth-order valence-corrected chi connectivity index (χ4v) is 3.94. The molecule has 0 aliphatic carbocycles. The molecule has 0 saturated heterocycles. The Morgan fingerprint density at radius 2 is 1.95 bits per heavy atom. The third-order valence-electron chi connectivity index (χ3n) is 3.48. The second-order valence-electron chi connectivity index (χ2n) is 4.82. The fourth-order valence-electron chi connectivity index (χ4n) is 2.34. The van der Waals surface area contributed by atoms with Crippen LogP contribution >= 0.6 is 0 Å². The van der Waals surface area contributed by atoms with E-state index >= 15 is 0 Å². The standard InChI is InChI=1S/C15H26N2O2S/c1-5-11-17(7-3)20(18,19)14-10-8-9-13(12-14)15(6-2)16-4/h8-10,12,15-16H,5-7,11H2,1-4H3. The van der Waals surface area contributed by atoms with E-state index in [1.807, 2.05) is 33.0 Å². The molecule has 20 heavy (non-hydrogen) atoms. The van der Waals surface area contributed by atoms with Crippen LogP contribution in [-0.4, -0.2) is 32.9 Å². The molecular formula is C15H26N2O2S. The van der Waals surface area contributed by atoms with E-state index in [4.69, 9.17) is 0 Å². The molecule has 1 atom stereocenters. The summed E-state index contributed by atoms with van der Waals surface area (Å²) in [6.07, 6.45) is 1.74. The van der Waals surface area contributed by atoms with Crippen molar-refractivity contribution in [3.63, 3.8) is 0 Å². The van der Waals surface area contributed by atoms with Crippen molar-refractivity contribution in [2.24, 2.45) is 0 Å². The highest BCUT2D eigenvalue weighted by Crippen LogP contribution is 2.22. The average molecular weight is 298 g/mol. The Labute approximate surface area is 123 Å². The van der Waals surface area contributed by atoms with E-state index in [0.717, 1.165) is 18.4 Å². The maximum absolute atomic E-state index is 12.6. The molecule has 0 aliphatic heterocycles. The van der Waals surface area contributed by atoms with Gasteiger partial charge in [-0.25, -0.2) is 8.42 Å². The van der Waals surface area contributed by atoms with Gasteiger partial charge in [0.1, 0.15) is 0 Å². The smallest absolute Gasteiger partial charge is 0.243 e. The molecule has 0 bridgehead atoms. The number of hydrogen-bond donors (Lipinski definition) is 1. The molecule has 1 rings (SSSR count). The lowest BCUT2D eigenvalue weighted by Crippen LogP contribution is -2.31. The van der Waals surface area contributed by atoms with Gasteiger partial charge in [0.2, 0.25) is 10.0 Å². The van der Waals surface area contributed by atoms with Crippen LogP contribution in [0.15, 0.2) is 29.2 Å². The molecule has 1 unspecified atom stereocenters. The predicted molar refractivity (Wildman–Crippen MR) is 83.3 cm³/mol. The molecule has 0 amide bonds. The molecule has 1 aromatic rings. The number of hydrogen-bond acceptors (Lipinski definition) is 3. The highest BCUT2D eigenvalue weighted by molar-refractivity contribution is 7.89. The molecule has 0 aliphatic rings. The normalized spacial score (nSPS) is 13.7. The molecular weight excluding hydrogens is 272 g/mol. The van der Waals surface area contributed by atoms with E-state index < -0.39 is 10.0 Å². The third-order valence-corrected chi connectivity index (χ3v) is 5.45. The van der Waals surface area contributed by atoms with Crippen molar-refractivity contribution in [3.05, 3.63) is 29.8 Å². The molecule has 0 fully saturated rings. The molecule has 4 nitrogen and oxygen atoms in total. The average Bonchev–Trinajstić information content (AvgIpc) is 2.46. The lowest BCUT2D eigenvalue weighted by molar-refractivity contribution is 0.427. The van der Waals surface area contributed by atoms with Gasteiger partial charge in [0.25, 0.3) is 0 Å². The minimum absolute atomic E-state index is 0.186. The zero-order valence-corrected chi connectivity index (χ0v) is 13.7. The Hall–Kier alpha value is -0.910. The van der Waals surface area contributed by atoms with E-state index in [1.165, 1.54) is 4.31 Å². The van der Waals surface area contributed by atoms with Gasteiger partial charge in [0.15, 0.2) is 0 Å². The molecule has 0 aromatic heterocycles. The van der Waals surface area contributed by atoms with E-state index in [1.54, 1.807) is 12.1 Å². The lowest BCUT2D eigenvalue weighted by atomic mass is 10.1. The van der Waals surface area contributed by atoms with Crippen molar-refractivity contribution in [1.82, 2.24) is 9.62 Å². The van der Waals surface area contributed by atoms with Crippen LogP contribution in [0.4, 0.5) is 0 Å². The molecule has 0 saturated carbocycles. The van der Waals surface area contributed by atoms with Gasteiger partial charge in [-0.3, -0.25) is 0 Å². The van der Waals surface area contributed by atoms with E-state index in [-0.39, 0.29) is 6.04 Å². The minimum Gasteiger partial charge on any atom is -0.313 e. The third kappa shape index (κ3) is 3.81. The van der Waals surface area contributed by atoms with Gasteiger partial charge < -0.3 is 5.32 Å². The van der Waals surface area contributed by atoms with Crippen molar-refractivity contribution in [2.75, 3.05) is 20.1 Å². The fraction of sp³-hybridized carbons (Fsp3) is 0.600. The summed E-state index contributed by atoms with van der Waals surface area (Å²) >= 11 is 0. The Kier molecular flexibility index (Phi) is 6.65. The largest absolute Gasteiger partial charge is 0.313 e. The molecule has 1 N–H and O–H groups in total. The first kappa shape index (κ1) is 17.1. The minimum atomic E-state index is -3.38. The Balaban J connectivity index is 3.16. The van der Waals surface area contributed by atoms with E-state index in [0.29, 0.717) is 18.0 Å². The maximum atomic E-state index is 12.6. The number of sulfonamides is 1. The summed E-state index contributed by atoms with van der Waals surface area (Å²) in [4.78, 5) is 0.388. The highest BCUT2D eigenvalue weighted by atomic mass is 32.2. The van der Waals surface area contributed by atoms with Gasteiger partial charge in [0.05, 0.1) is 4.90 Å². The number of rotatable bonds is 8. The van der Waals surface area contributed by atoms with Crippen LogP contribution in [0, 0.1) is 0 Å². The topological polar surface area (TPSA) is 49.4 Å². The first-order valence-corrected chi connectivity index (χ1v) is 8.72. The summed E-state index contributed by atoms with van der Waals surface area (Å²) in [6, 6.07) is 7.45. The summed E-state index contributed by atoms with van der Waals surface area (Å²) in [5.74, 6) is 0. The monoisotopic (exact) mass is 298 g/mol. The van der Waals surface area contributed by atoms with Gasteiger partial charge >= 0.3 is 0 Å². The summed E-state index contributed by atoms with van der Waals surface area (Å²) in [5, 5.41) is 3.21. The molecule has 1 aromatic carbocycles. The van der Waals surface area contributed by atoms with Gasteiger partial charge in [-0.2, -0.15) is 4.31 Å². The molecule has 0 radical (unpaired) electrons. The Bertz CT molecular complexity index is 510. The zero-order valence-electron chi connectivity index (χ0n) is 12.9. The van der Waals surface area contributed by atoms with Crippen LogP contribution in [-0.2, 0) is 10.0 Å². The first-order chi connectivity index (χ1) is 9.51. The first-order valence-electron chi connectivity index (χ1n) is 7.28. The van der Waals surface area contributed by atoms with Crippen molar-refractivity contribution in [2.45, 2.75) is 44.6 Å². The molecule has 5 heteroatoms. The van der Waals surface area contributed by atoms with Crippen LogP contribution in [0.3, 0.4) is 0 Å². The Morgan fingerprint density at radius 1 is 1.25 bits per heavy atom. The number of benzene rings is 1. The molecule has 0 heterocycles. The second kappa shape index (κ2) is 7.76. The Morgan fingerprint density at radius 3 is 2.45 bits per heavy atom. The van der Waals surface area contributed by atoms with Crippen LogP contribution in [0.2, 0.25) is 0 Å². The molecule has 114 valence electrons. The van der Waals surface area contributed by atoms with Crippen LogP contribution < -0.4 is 5.32 Å². The number of nitrogens with zero attached hydrogens (tertiary/aromatic N) is 1. The summed E-state index contributed by atoms with van der Waals surface area (Å²) < 4.78 is 26.8.